The van der Waals surface area contributed by atoms with Crippen molar-refractivity contribution in [1.82, 2.24) is 13.4 Å². The molecule has 10 aromatic rings. The minimum absolute atomic E-state index is 1.17. The minimum Gasteiger partial charge on any atom is -0.306 e. The third-order valence-corrected chi connectivity index (χ3v) is 8.93. The summed E-state index contributed by atoms with van der Waals surface area (Å²) in [5.41, 5.74) is 9.68. The summed E-state index contributed by atoms with van der Waals surface area (Å²) in [5, 5.41) is 8.81. The maximum Gasteiger partial charge on any atom is 0.123 e. The van der Waals surface area contributed by atoms with Crippen molar-refractivity contribution in [2.24, 2.45) is 0 Å². The highest BCUT2D eigenvalue weighted by atomic mass is 15.1. The molecule has 6 aromatic carbocycles. The highest BCUT2D eigenvalue weighted by molar-refractivity contribution is 6.17. The fourth-order valence-corrected chi connectivity index (χ4v) is 7.20. The van der Waals surface area contributed by atoms with Gasteiger partial charge in [0, 0.05) is 21.8 Å². The molecule has 0 N–H and O–H groups in total. The molecule has 41 heavy (non-hydrogen) atoms. The van der Waals surface area contributed by atoms with Gasteiger partial charge in [0.25, 0.3) is 0 Å². The largest absolute Gasteiger partial charge is 0.306 e. The van der Waals surface area contributed by atoms with Crippen LogP contribution in [0, 0.1) is 0 Å². The van der Waals surface area contributed by atoms with E-state index in [0.29, 0.717) is 0 Å². The summed E-state index contributed by atoms with van der Waals surface area (Å²) in [6.07, 6.45) is 0. The Balaban J connectivity index is 1.49. The van der Waals surface area contributed by atoms with E-state index in [1.165, 1.54) is 82.1 Å². The lowest BCUT2D eigenvalue weighted by Crippen LogP contribution is -1.99. The van der Waals surface area contributed by atoms with Crippen LogP contribution in [-0.2, 0) is 0 Å². The Hall–Kier alpha value is -5.54. The molecular weight excluding hydrogens is 498 g/mol. The molecule has 0 radical (unpaired) electrons. The van der Waals surface area contributed by atoms with Crippen molar-refractivity contribution in [3.63, 3.8) is 0 Å². The number of nitrogens with zero attached hydrogens (tertiary/aromatic N) is 3. The van der Waals surface area contributed by atoms with Crippen molar-refractivity contribution in [2.75, 3.05) is 0 Å². The second kappa shape index (κ2) is 7.56. The van der Waals surface area contributed by atoms with Crippen molar-refractivity contribution in [3.05, 3.63) is 140 Å². The Labute approximate surface area is 234 Å². The van der Waals surface area contributed by atoms with Crippen LogP contribution in [0.5, 0.6) is 0 Å². The van der Waals surface area contributed by atoms with Gasteiger partial charge in [-0.2, -0.15) is 0 Å². The number of benzene rings is 6. The molecule has 0 aliphatic rings. The highest BCUT2D eigenvalue weighted by Gasteiger charge is 2.22. The normalized spacial score (nSPS) is 12.4. The van der Waals surface area contributed by atoms with Gasteiger partial charge in [0.2, 0.25) is 0 Å². The summed E-state index contributed by atoms with van der Waals surface area (Å²) in [4.78, 5) is 0. The lowest BCUT2D eigenvalue weighted by atomic mass is 10.0. The van der Waals surface area contributed by atoms with Crippen LogP contribution in [0.4, 0.5) is 0 Å². The number of hydrogen-bond acceptors (Lipinski definition) is 0. The first-order valence-corrected chi connectivity index (χ1v) is 14.1. The molecule has 0 aliphatic carbocycles. The lowest BCUT2D eigenvalue weighted by molar-refractivity contribution is 1.15. The summed E-state index contributed by atoms with van der Waals surface area (Å²) in [5.74, 6) is 0. The molecule has 0 amide bonds. The number of hydrogen-bond donors (Lipinski definition) is 0. The molecule has 0 bridgehead atoms. The van der Waals surface area contributed by atoms with Crippen LogP contribution in [0.3, 0.4) is 0 Å². The molecule has 3 nitrogen and oxygen atoms in total. The standard InChI is InChI=1S/C38H23N3/c1-4-12-29-24(9-1)17-18-25-19-20-28(23-31(25)29)39-34-16-8-5-13-30(34)37-38(39)35-21-26-10-2-6-14-32(26)40(35)36-22-27-11-3-7-15-33(27)41(36)37/h1-23H. The molecular formula is C38H23N3. The number of para-hydroxylation sites is 3. The molecule has 3 heteroatoms. The molecule has 4 aromatic heterocycles. The van der Waals surface area contributed by atoms with E-state index >= 15 is 0 Å². The van der Waals surface area contributed by atoms with Gasteiger partial charge >= 0.3 is 0 Å². The van der Waals surface area contributed by atoms with Gasteiger partial charge in [-0.15, -0.1) is 0 Å². The molecule has 0 saturated heterocycles. The van der Waals surface area contributed by atoms with Gasteiger partial charge in [-0.1, -0.05) is 97.1 Å². The first-order chi connectivity index (χ1) is 20.3. The monoisotopic (exact) mass is 521 g/mol. The zero-order valence-electron chi connectivity index (χ0n) is 22.1. The summed E-state index contributed by atoms with van der Waals surface area (Å²) >= 11 is 0. The second-order valence-electron chi connectivity index (χ2n) is 11.1. The summed E-state index contributed by atoms with van der Waals surface area (Å²) in [6, 6.07) is 51.1. The average molecular weight is 522 g/mol. The van der Waals surface area contributed by atoms with E-state index in [4.69, 9.17) is 0 Å². The third kappa shape index (κ3) is 2.68. The minimum atomic E-state index is 1.17. The van der Waals surface area contributed by atoms with E-state index in [-0.39, 0.29) is 0 Å². The van der Waals surface area contributed by atoms with Crippen molar-refractivity contribution in [3.8, 4) is 5.69 Å². The van der Waals surface area contributed by atoms with E-state index < -0.39 is 0 Å². The molecule has 0 atom stereocenters. The molecule has 4 heterocycles. The van der Waals surface area contributed by atoms with Gasteiger partial charge in [-0.05, 0) is 64.0 Å². The van der Waals surface area contributed by atoms with Crippen molar-refractivity contribution in [1.29, 1.82) is 0 Å². The third-order valence-electron chi connectivity index (χ3n) is 8.93. The summed E-state index contributed by atoms with van der Waals surface area (Å²) in [7, 11) is 0. The Bertz CT molecular complexity index is 2700. The maximum absolute atomic E-state index is 2.48. The Morgan fingerprint density at radius 1 is 0.341 bits per heavy atom. The zero-order chi connectivity index (χ0) is 26.7. The topological polar surface area (TPSA) is 13.8 Å². The molecule has 10 rings (SSSR count). The van der Waals surface area contributed by atoms with Crippen LogP contribution >= 0.6 is 0 Å². The summed E-state index contributed by atoms with van der Waals surface area (Å²) < 4.78 is 7.40. The van der Waals surface area contributed by atoms with Crippen LogP contribution in [0.25, 0.3) is 82.1 Å². The molecule has 190 valence electrons. The van der Waals surface area contributed by atoms with Crippen LogP contribution in [0.15, 0.2) is 140 Å². The zero-order valence-corrected chi connectivity index (χ0v) is 22.1. The van der Waals surface area contributed by atoms with Gasteiger partial charge < -0.3 is 4.57 Å². The van der Waals surface area contributed by atoms with Crippen LogP contribution < -0.4 is 0 Å². The van der Waals surface area contributed by atoms with Crippen LogP contribution in [0.2, 0.25) is 0 Å². The lowest BCUT2D eigenvalue weighted by Gasteiger charge is -2.13. The van der Waals surface area contributed by atoms with Gasteiger partial charge in [-0.25, -0.2) is 0 Å². The molecule has 0 aliphatic heterocycles. The Morgan fingerprint density at radius 2 is 0.927 bits per heavy atom. The van der Waals surface area contributed by atoms with Gasteiger partial charge in [-0.3, -0.25) is 8.80 Å². The maximum atomic E-state index is 2.48. The van der Waals surface area contributed by atoms with E-state index in [1.54, 1.807) is 0 Å². The first-order valence-electron chi connectivity index (χ1n) is 14.1. The fraction of sp³-hybridized carbons (Fsp3) is 0. The van der Waals surface area contributed by atoms with Gasteiger partial charge in [0.1, 0.15) is 5.65 Å². The van der Waals surface area contributed by atoms with Gasteiger partial charge in [0.05, 0.1) is 33.1 Å². The predicted molar refractivity (Wildman–Crippen MR) is 173 cm³/mol. The predicted octanol–water partition coefficient (Wildman–Crippen LogP) is 9.90. The van der Waals surface area contributed by atoms with Crippen LogP contribution in [0.1, 0.15) is 0 Å². The number of rotatable bonds is 1. The van der Waals surface area contributed by atoms with Crippen LogP contribution in [-0.4, -0.2) is 13.4 Å². The second-order valence-corrected chi connectivity index (χ2v) is 11.1. The smallest absolute Gasteiger partial charge is 0.123 e. The molecule has 0 fully saturated rings. The Kier molecular flexibility index (Phi) is 3.93. The molecule has 0 saturated carbocycles. The van der Waals surface area contributed by atoms with Crippen molar-refractivity contribution in [2.45, 2.75) is 0 Å². The quantitative estimate of drug-likeness (QED) is 0.191. The van der Waals surface area contributed by atoms with E-state index in [0.717, 1.165) is 0 Å². The average Bonchev–Trinajstić information content (AvgIpc) is 3.70. The number of fused-ring (bicyclic) bond motifs is 15. The van der Waals surface area contributed by atoms with Crippen molar-refractivity contribution >= 4 is 76.5 Å². The highest BCUT2D eigenvalue weighted by Crippen LogP contribution is 2.40. The summed E-state index contributed by atoms with van der Waals surface area (Å²) in [6.45, 7) is 0. The fourth-order valence-electron chi connectivity index (χ4n) is 7.20. The first kappa shape index (κ1) is 21.3. The molecule has 0 unspecified atom stereocenters. The number of aromatic nitrogens is 3. The van der Waals surface area contributed by atoms with E-state index in [2.05, 4.69) is 153 Å². The van der Waals surface area contributed by atoms with E-state index in [9.17, 15) is 0 Å². The SMILES string of the molecule is c1ccc2c(c1)ccc1ccc(-n3c4ccccc4c4c3c3cc5ccccc5n3c3cc5ccccc5n43)cc12. The molecule has 0 spiro atoms. The Morgan fingerprint density at radius 3 is 1.73 bits per heavy atom. The van der Waals surface area contributed by atoms with Crippen molar-refractivity contribution < 1.29 is 0 Å². The van der Waals surface area contributed by atoms with Gasteiger partial charge in [0.15, 0.2) is 0 Å². The van der Waals surface area contributed by atoms with E-state index in [1.807, 2.05) is 0 Å².